The number of hydrogen-bond donors (Lipinski definition) is 3. The van der Waals surface area contributed by atoms with Gasteiger partial charge in [-0.15, -0.1) is 6.58 Å². The Morgan fingerprint density at radius 3 is 2.40 bits per heavy atom. The topological polar surface area (TPSA) is 178 Å². The van der Waals surface area contributed by atoms with Crippen LogP contribution in [-0.4, -0.2) is 88.0 Å². The number of amides is 4. The van der Waals surface area contributed by atoms with E-state index in [1.807, 2.05) is 48.7 Å². The lowest BCUT2D eigenvalue weighted by Gasteiger charge is -2.36. The van der Waals surface area contributed by atoms with Crippen LogP contribution in [0.5, 0.6) is 5.75 Å². The van der Waals surface area contributed by atoms with Crippen LogP contribution in [0.1, 0.15) is 67.2 Å². The molecule has 3 aromatic rings. The van der Waals surface area contributed by atoms with E-state index in [2.05, 4.69) is 27.0 Å². The highest BCUT2D eigenvalue weighted by Crippen LogP contribution is 2.45. The summed E-state index contributed by atoms with van der Waals surface area (Å²) < 4.78 is 41.3. The maximum Gasteiger partial charge on any atom is 0.408 e. The maximum absolute atomic E-state index is 14.5. The third-order valence-electron chi connectivity index (χ3n) is 9.76. The molecule has 0 unspecified atom stereocenters. The van der Waals surface area contributed by atoms with Crippen molar-refractivity contribution in [2.24, 2.45) is 11.3 Å². The van der Waals surface area contributed by atoms with Gasteiger partial charge in [0.25, 0.3) is 5.91 Å². The van der Waals surface area contributed by atoms with Gasteiger partial charge in [0.05, 0.1) is 17.5 Å². The minimum atomic E-state index is -3.90. The average Bonchev–Trinajstić information content (AvgIpc) is 3.94. The molecule has 1 aliphatic heterocycles. The van der Waals surface area contributed by atoms with Gasteiger partial charge in [0, 0.05) is 30.1 Å². The van der Waals surface area contributed by atoms with Gasteiger partial charge in [-0.1, -0.05) is 39.0 Å². The molecule has 6 rings (SSSR count). The molecule has 0 spiro atoms. The van der Waals surface area contributed by atoms with Gasteiger partial charge in [-0.2, -0.15) is 5.10 Å². The Bertz CT molecular complexity index is 2030. The number of carbonyl (C=O) groups excluding carboxylic acids is 4. The predicted molar refractivity (Wildman–Crippen MR) is 197 cm³/mol. The number of alkyl carbamates (subject to hydrolysis) is 1. The van der Waals surface area contributed by atoms with E-state index in [4.69, 9.17) is 9.47 Å². The molecule has 0 bridgehead atoms. The first-order chi connectivity index (χ1) is 24.8. The molecule has 15 heteroatoms. The number of aromatic nitrogens is 2. The van der Waals surface area contributed by atoms with Crippen molar-refractivity contribution in [3.63, 3.8) is 0 Å². The summed E-state index contributed by atoms with van der Waals surface area (Å²) in [6, 6.07) is 11.0. The molecule has 4 amide bonds. The first-order valence-corrected chi connectivity index (χ1v) is 19.4. The van der Waals surface area contributed by atoms with Crippen LogP contribution in [0.4, 0.5) is 4.79 Å². The molecular weight excluding hydrogens is 701 g/mol. The van der Waals surface area contributed by atoms with Crippen molar-refractivity contribution in [3.8, 4) is 11.4 Å². The van der Waals surface area contributed by atoms with E-state index in [9.17, 15) is 27.6 Å². The summed E-state index contributed by atoms with van der Waals surface area (Å²) in [5, 5.41) is 10.9. The van der Waals surface area contributed by atoms with Crippen molar-refractivity contribution in [1.82, 2.24) is 30.0 Å². The SMILES string of the molecule is C=C[C@@H]1C[C@]1(NC(=O)[C@@H]1C[C@@H](Oc2cccc3cc(-n4cccn4)ccc23)CN1C(=O)[C@@H](NC(=O)OC(C)(C)C)C(C)(C)C)C(=O)NS(=O)(=O)C1CC1. The van der Waals surface area contributed by atoms with Crippen molar-refractivity contribution in [2.45, 2.75) is 102 Å². The number of nitrogens with one attached hydrogen (secondary N) is 3. The van der Waals surface area contributed by atoms with Crippen LogP contribution in [0.15, 0.2) is 67.5 Å². The molecule has 3 N–H and O–H groups in total. The van der Waals surface area contributed by atoms with Crippen LogP contribution < -0.4 is 20.1 Å². The van der Waals surface area contributed by atoms with Gasteiger partial charge in [-0.05, 0) is 81.2 Å². The van der Waals surface area contributed by atoms with E-state index < -0.39 is 79.7 Å². The zero-order valence-corrected chi connectivity index (χ0v) is 31.7. The molecule has 2 aromatic carbocycles. The van der Waals surface area contributed by atoms with Crippen molar-refractivity contribution < 1.29 is 37.1 Å². The Kier molecular flexibility index (Phi) is 9.86. The van der Waals surface area contributed by atoms with Crippen molar-refractivity contribution in [1.29, 1.82) is 0 Å². The number of sulfonamides is 1. The molecule has 53 heavy (non-hydrogen) atoms. The second kappa shape index (κ2) is 13.8. The number of nitrogens with zero attached hydrogens (tertiary/aromatic N) is 3. The summed E-state index contributed by atoms with van der Waals surface area (Å²) in [7, 11) is -3.90. The van der Waals surface area contributed by atoms with Gasteiger partial charge in [0.1, 0.15) is 35.1 Å². The standard InChI is InChI=1S/C38H48N6O8S/c1-8-24-21-38(24,34(47)42-53(49,50)27-14-15-27)41-32(45)29-20-26(22-43(29)33(46)31(36(2,3)4)40-35(48)52-37(5,6)7)51-30-12-9-11-23-19-25(13-16-28(23)30)44-18-10-17-39-44/h8-13,16-19,24,26-27,29,31H,1,14-15,20-22H2,2-7H3,(H,40,48)(H,41,45)(H,42,47)/t24-,26-,29+,31-,38-/m1/s1. The minimum Gasteiger partial charge on any atom is -0.488 e. The lowest BCUT2D eigenvalue weighted by molar-refractivity contribution is -0.143. The fourth-order valence-electron chi connectivity index (χ4n) is 6.72. The largest absolute Gasteiger partial charge is 0.488 e. The summed E-state index contributed by atoms with van der Waals surface area (Å²) in [6.45, 7) is 14.3. The van der Waals surface area contributed by atoms with Gasteiger partial charge in [0.15, 0.2) is 0 Å². The van der Waals surface area contributed by atoms with Gasteiger partial charge < -0.3 is 25.0 Å². The van der Waals surface area contributed by atoms with Gasteiger partial charge in [0.2, 0.25) is 21.8 Å². The van der Waals surface area contributed by atoms with Gasteiger partial charge >= 0.3 is 6.09 Å². The van der Waals surface area contributed by atoms with E-state index >= 15 is 0 Å². The zero-order chi connectivity index (χ0) is 38.5. The summed E-state index contributed by atoms with van der Waals surface area (Å²) in [4.78, 5) is 56.6. The highest BCUT2D eigenvalue weighted by molar-refractivity contribution is 7.91. The summed E-state index contributed by atoms with van der Waals surface area (Å²) in [6.07, 6.45) is 4.72. The normalized spacial score (nSPS) is 23.5. The fourth-order valence-corrected chi connectivity index (χ4v) is 8.09. The predicted octanol–water partition coefficient (Wildman–Crippen LogP) is 3.98. The van der Waals surface area contributed by atoms with Crippen LogP contribution in [0.25, 0.3) is 16.5 Å². The molecular formula is C38H48N6O8S. The Hall–Kier alpha value is -4.92. The molecule has 3 aliphatic rings. The second-order valence-corrected chi connectivity index (χ2v) is 18.2. The van der Waals surface area contributed by atoms with Crippen molar-refractivity contribution >= 4 is 44.6 Å². The van der Waals surface area contributed by atoms with Gasteiger partial charge in [-0.3, -0.25) is 19.1 Å². The number of rotatable bonds is 11. The number of fused-ring (bicyclic) bond motifs is 1. The highest BCUT2D eigenvalue weighted by atomic mass is 32.2. The molecule has 5 atom stereocenters. The Labute approximate surface area is 309 Å². The van der Waals surface area contributed by atoms with Crippen molar-refractivity contribution in [2.75, 3.05) is 6.54 Å². The number of likely N-dealkylation sites (tertiary alicyclic amines) is 1. The number of hydrogen-bond acceptors (Lipinski definition) is 9. The number of carbonyl (C=O) groups is 4. The van der Waals surface area contributed by atoms with Crippen LogP contribution in [0.2, 0.25) is 0 Å². The van der Waals surface area contributed by atoms with Crippen LogP contribution in [0, 0.1) is 11.3 Å². The third-order valence-corrected chi connectivity index (χ3v) is 11.6. The Balaban J connectivity index is 1.29. The summed E-state index contributed by atoms with van der Waals surface area (Å²) in [5.74, 6) is -2.00. The van der Waals surface area contributed by atoms with Crippen LogP contribution >= 0.6 is 0 Å². The zero-order valence-electron chi connectivity index (χ0n) is 30.9. The van der Waals surface area contributed by atoms with E-state index in [1.54, 1.807) is 52.4 Å². The Morgan fingerprint density at radius 2 is 1.79 bits per heavy atom. The summed E-state index contributed by atoms with van der Waals surface area (Å²) >= 11 is 0. The molecule has 284 valence electrons. The minimum absolute atomic E-state index is 0.0125. The molecule has 1 aromatic heterocycles. The van der Waals surface area contributed by atoms with Crippen LogP contribution in [0.3, 0.4) is 0 Å². The smallest absolute Gasteiger partial charge is 0.408 e. The molecule has 2 aliphatic carbocycles. The lowest BCUT2D eigenvalue weighted by Crippen LogP contribution is -2.60. The van der Waals surface area contributed by atoms with E-state index in [1.165, 1.54) is 11.0 Å². The highest BCUT2D eigenvalue weighted by Gasteiger charge is 2.62. The number of benzene rings is 2. The lowest BCUT2D eigenvalue weighted by atomic mass is 9.85. The van der Waals surface area contributed by atoms with Gasteiger partial charge in [-0.25, -0.2) is 17.9 Å². The fraction of sp³-hybridized carbons (Fsp3) is 0.500. The molecule has 2 heterocycles. The molecule has 0 radical (unpaired) electrons. The second-order valence-electron chi connectivity index (χ2n) is 16.2. The van der Waals surface area contributed by atoms with Crippen molar-refractivity contribution in [3.05, 3.63) is 67.5 Å². The van der Waals surface area contributed by atoms with E-state index in [-0.39, 0.29) is 19.4 Å². The maximum atomic E-state index is 14.5. The third kappa shape index (κ3) is 8.19. The van der Waals surface area contributed by atoms with E-state index in [0.717, 1.165) is 16.5 Å². The number of ether oxygens (including phenoxy) is 2. The average molecular weight is 749 g/mol. The van der Waals surface area contributed by atoms with Crippen LogP contribution in [-0.2, 0) is 29.1 Å². The molecule has 2 saturated carbocycles. The Morgan fingerprint density at radius 1 is 1.06 bits per heavy atom. The monoisotopic (exact) mass is 748 g/mol. The summed E-state index contributed by atoms with van der Waals surface area (Å²) in [5.41, 5.74) is -2.32. The molecule has 1 saturated heterocycles. The molecule has 14 nitrogen and oxygen atoms in total. The molecule has 3 fully saturated rings. The van der Waals surface area contributed by atoms with E-state index in [0.29, 0.717) is 18.6 Å². The first-order valence-electron chi connectivity index (χ1n) is 17.8. The first kappa shape index (κ1) is 37.8. The quantitative estimate of drug-likeness (QED) is 0.245.